The van der Waals surface area contributed by atoms with Crippen molar-refractivity contribution in [2.24, 2.45) is 0 Å². The molecular formula is C27H30N2O5. The van der Waals surface area contributed by atoms with Crippen LogP contribution >= 0.6 is 0 Å². The van der Waals surface area contributed by atoms with Crippen molar-refractivity contribution in [1.29, 1.82) is 0 Å². The van der Waals surface area contributed by atoms with Crippen LogP contribution in [0, 0.1) is 0 Å². The summed E-state index contributed by atoms with van der Waals surface area (Å²) < 4.78 is 16.7. The maximum atomic E-state index is 12.3. The normalized spacial score (nSPS) is 11.2. The largest absolute Gasteiger partial charge is 0.490 e. The van der Waals surface area contributed by atoms with Crippen LogP contribution in [0.2, 0.25) is 0 Å². The van der Waals surface area contributed by atoms with Gasteiger partial charge in [-0.05, 0) is 66.4 Å². The number of hydrazine groups is 1. The van der Waals surface area contributed by atoms with E-state index < -0.39 is 11.8 Å². The van der Waals surface area contributed by atoms with Crippen LogP contribution < -0.4 is 25.1 Å². The minimum absolute atomic E-state index is 0.208. The number of nitrogens with one attached hydrogen (secondary N) is 2. The van der Waals surface area contributed by atoms with Crippen LogP contribution in [0.1, 0.15) is 42.1 Å². The molecule has 2 N–H and O–H groups in total. The molecule has 0 radical (unpaired) electrons. The molecule has 7 nitrogen and oxygen atoms in total. The first-order valence-electron chi connectivity index (χ1n) is 11.3. The summed E-state index contributed by atoms with van der Waals surface area (Å²) in [6, 6.07) is 23.8. The second-order valence-electron chi connectivity index (χ2n) is 7.70. The Bertz CT molecular complexity index is 1040. The van der Waals surface area contributed by atoms with Gasteiger partial charge >= 0.3 is 0 Å². The lowest BCUT2D eigenvalue weighted by molar-refractivity contribution is -0.123. The molecule has 0 fully saturated rings. The molecule has 0 saturated heterocycles. The molecule has 0 heterocycles. The maximum absolute atomic E-state index is 12.3. The van der Waals surface area contributed by atoms with Crippen LogP contribution in [-0.2, 0) is 4.79 Å². The van der Waals surface area contributed by atoms with Gasteiger partial charge in [0.1, 0.15) is 30.5 Å². The average Bonchev–Trinajstić information content (AvgIpc) is 2.89. The number of rotatable bonds is 11. The minimum Gasteiger partial charge on any atom is -0.490 e. The third-order valence-corrected chi connectivity index (χ3v) is 5.23. The highest BCUT2D eigenvalue weighted by Crippen LogP contribution is 2.21. The summed E-state index contributed by atoms with van der Waals surface area (Å²) in [6.07, 6.45) is 1.06. The van der Waals surface area contributed by atoms with E-state index in [-0.39, 0.29) is 6.61 Å². The summed E-state index contributed by atoms with van der Waals surface area (Å²) >= 11 is 0. The molecule has 1 atom stereocenters. The smallest absolute Gasteiger partial charge is 0.276 e. The summed E-state index contributed by atoms with van der Waals surface area (Å²) in [6.45, 7) is 4.87. The highest BCUT2D eigenvalue weighted by atomic mass is 16.5. The summed E-state index contributed by atoms with van der Waals surface area (Å²) in [5.41, 5.74) is 6.34. The zero-order valence-corrected chi connectivity index (χ0v) is 19.5. The molecule has 0 aliphatic rings. The van der Waals surface area contributed by atoms with Gasteiger partial charge in [0.15, 0.2) is 6.61 Å². The van der Waals surface area contributed by atoms with E-state index in [1.165, 1.54) is 5.56 Å². The number of para-hydroxylation sites is 1. The highest BCUT2D eigenvalue weighted by Gasteiger charge is 2.09. The molecule has 2 amide bonds. The van der Waals surface area contributed by atoms with E-state index in [0.29, 0.717) is 36.2 Å². The SMILES string of the molecule is CCC(C)c1ccc(OCC(=O)NNC(=O)c2ccc(OCCOc3ccccc3)cc2)cc1. The number of carbonyl (C=O) groups is 2. The van der Waals surface area contributed by atoms with Gasteiger partial charge in [-0.3, -0.25) is 20.4 Å². The molecule has 7 heteroatoms. The molecule has 34 heavy (non-hydrogen) atoms. The van der Waals surface area contributed by atoms with E-state index >= 15 is 0 Å². The Hall–Kier alpha value is -4.00. The third kappa shape index (κ3) is 7.85. The lowest BCUT2D eigenvalue weighted by Gasteiger charge is -2.11. The van der Waals surface area contributed by atoms with Crippen LogP contribution in [-0.4, -0.2) is 31.6 Å². The molecule has 0 saturated carbocycles. The minimum atomic E-state index is -0.460. The standard InChI is InChI=1S/C27H30N2O5/c1-3-20(2)21-9-13-25(14-10-21)34-19-26(30)28-29-27(31)22-11-15-24(16-12-22)33-18-17-32-23-7-5-4-6-8-23/h4-16,20H,3,17-19H2,1-2H3,(H,28,30)(H,29,31). The van der Waals surface area contributed by atoms with Gasteiger partial charge in [0.2, 0.25) is 0 Å². The number of ether oxygens (including phenoxy) is 3. The lowest BCUT2D eigenvalue weighted by Crippen LogP contribution is -2.43. The topological polar surface area (TPSA) is 85.9 Å². The molecule has 3 rings (SSSR count). The van der Waals surface area contributed by atoms with Crippen molar-refractivity contribution in [2.45, 2.75) is 26.2 Å². The summed E-state index contributed by atoms with van der Waals surface area (Å²) in [4.78, 5) is 24.2. The van der Waals surface area contributed by atoms with Crippen LogP contribution in [0.25, 0.3) is 0 Å². The predicted molar refractivity (Wildman–Crippen MR) is 130 cm³/mol. The Labute approximate surface area is 200 Å². The second-order valence-corrected chi connectivity index (χ2v) is 7.70. The van der Waals surface area contributed by atoms with Gasteiger partial charge in [0.25, 0.3) is 11.8 Å². The summed E-state index contributed by atoms with van der Waals surface area (Å²) in [5.74, 6) is 1.57. The van der Waals surface area contributed by atoms with Gasteiger partial charge < -0.3 is 14.2 Å². The molecule has 0 aliphatic heterocycles. The van der Waals surface area contributed by atoms with Gasteiger partial charge in [-0.1, -0.05) is 44.2 Å². The van der Waals surface area contributed by atoms with E-state index in [1.54, 1.807) is 24.3 Å². The van der Waals surface area contributed by atoms with Crippen LogP contribution in [0.4, 0.5) is 0 Å². The molecule has 0 aliphatic carbocycles. The van der Waals surface area contributed by atoms with Gasteiger partial charge in [-0.2, -0.15) is 0 Å². The summed E-state index contributed by atoms with van der Waals surface area (Å²) in [7, 11) is 0. The van der Waals surface area contributed by atoms with Crippen LogP contribution in [0.15, 0.2) is 78.9 Å². The first kappa shape index (κ1) is 24.6. The molecule has 1 unspecified atom stereocenters. The molecule has 0 spiro atoms. The summed E-state index contributed by atoms with van der Waals surface area (Å²) in [5, 5.41) is 0. The quantitative estimate of drug-likeness (QED) is 0.324. The average molecular weight is 463 g/mol. The fourth-order valence-corrected chi connectivity index (χ4v) is 3.05. The first-order valence-corrected chi connectivity index (χ1v) is 11.3. The van der Waals surface area contributed by atoms with Crippen molar-refractivity contribution in [3.05, 3.63) is 90.0 Å². The van der Waals surface area contributed by atoms with E-state index in [2.05, 4.69) is 24.7 Å². The fraction of sp³-hybridized carbons (Fsp3) is 0.259. The molecule has 3 aromatic rings. The maximum Gasteiger partial charge on any atom is 0.276 e. The van der Waals surface area contributed by atoms with Gasteiger partial charge in [0.05, 0.1) is 0 Å². The second kappa shape index (κ2) is 12.9. The zero-order valence-electron chi connectivity index (χ0n) is 19.5. The van der Waals surface area contributed by atoms with E-state index in [9.17, 15) is 9.59 Å². The van der Waals surface area contributed by atoms with Crippen LogP contribution in [0.5, 0.6) is 17.2 Å². The molecule has 3 aromatic carbocycles. The van der Waals surface area contributed by atoms with Gasteiger partial charge in [-0.25, -0.2) is 0 Å². The Morgan fingerprint density at radius 1 is 0.735 bits per heavy atom. The van der Waals surface area contributed by atoms with Crippen molar-refractivity contribution < 1.29 is 23.8 Å². The molecule has 178 valence electrons. The van der Waals surface area contributed by atoms with Crippen molar-refractivity contribution >= 4 is 11.8 Å². The number of carbonyl (C=O) groups excluding carboxylic acids is 2. The Morgan fingerprint density at radius 2 is 1.29 bits per heavy atom. The molecule has 0 bridgehead atoms. The molecular weight excluding hydrogens is 432 g/mol. The van der Waals surface area contributed by atoms with Crippen molar-refractivity contribution in [2.75, 3.05) is 19.8 Å². The Morgan fingerprint density at radius 3 is 1.91 bits per heavy atom. The van der Waals surface area contributed by atoms with E-state index in [4.69, 9.17) is 14.2 Å². The lowest BCUT2D eigenvalue weighted by atomic mass is 9.99. The van der Waals surface area contributed by atoms with Gasteiger partial charge in [-0.15, -0.1) is 0 Å². The first-order chi connectivity index (χ1) is 16.5. The Kier molecular flexibility index (Phi) is 9.34. The van der Waals surface area contributed by atoms with Crippen LogP contribution in [0.3, 0.4) is 0 Å². The van der Waals surface area contributed by atoms with Crippen molar-refractivity contribution in [1.82, 2.24) is 10.9 Å². The van der Waals surface area contributed by atoms with Crippen molar-refractivity contribution in [3.63, 3.8) is 0 Å². The number of hydrogen-bond acceptors (Lipinski definition) is 5. The Balaban J connectivity index is 1.35. The van der Waals surface area contributed by atoms with Gasteiger partial charge in [0, 0.05) is 5.56 Å². The predicted octanol–water partition coefficient (Wildman–Crippen LogP) is 4.50. The highest BCUT2D eigenvalue weighted by molar-refractivity contribution is 5.95. The fourth-order valence-electron chi connectivity index (χ4n) is 3.05. The number of amides is 2. The van der Waals surface area contributed by atoms with E-state index in [1.807, 2.05) is 54.6 Å². The monoisotopic (exact) mass is 462 g/mol. The number of benzene rings is 3. The van der Waals surface area contributed by atoms with Crippen molar-refractivity contribution in [3.8, 4) is 17.2 Å². The molecule has 0 aromatic heterocycles. The third-order valence-electron chi connectivity index (χ3n) is 5.23. The van der Waals surface area contributed by atoms with E-state index in [0.717, 1.165) is 12.2 Å². The zero-order chi connectivity index (χ0) is 24.2. The number of hydrogen-bond donors (Lipinski definition) is 2.